The number of hydrogen-bond donors (Lipinski definition) is 2. The van der Waals surface area contributed by atoms with E-state index in [1.165, 1.54) is 12.1 Å². The number of pyridine rings is 1. The van der Waals surface area contributed by atoms with E-state index in [1.54, 1.807) is 35.9 Å². The van der Waals surface area contributed by atoms with Crippen LogP contribution in [0.25, 0.3) is 42.9 Å². The maximum absolute atomic E-state index is 15.7. The number of aryl methyl sites for hydroxylation is 4. The summed E-state index contributed by atoms with van der Waals surface area (Å²) in [5.41, 5.74) is 13.3. The van der Waals surface area contributed by atoms with Gasteiger partial charge in [-0.1, -0.05) is 30.8 Å². The Balaban J connectivity index is 1.39. The second-order valence-corrected chi connectivity index (χ2v) is 12.2. The lowest BCUT2D eigenvalue weighted by Gasteiger charge is -2.12. The van der Waals surface area contributed by atoms with Crippen LogP contribution in [0, 0.1) is 19.7 Å². The van der Waals surface area contributed by atoms with E-state index < -0.39 is 5.82 Å². The second kappa shape index (κ2) is 11.8. The molecule has 0 saturated heterocycles. The van der Waals surface area contributed by atoms with Gasteiger partial charge in [0.05, 0.1) is 10.4 Å². The van der Waals surface area contributed by atoms with Gasteiger partial charge in [0.2, 0.25) is 5.91 Å². The molecule has 7 rings (SSSR count). The first kappa shape index (κ1) is 29.3. The zero-order chi connectivity index (χ0) is 31.9. The lowest BCUT2D eigenvalue weighted by molar-refractivity contribution is -0.116. The largest absolute Gasteiger partial charge is 0.421 e. The normalized spacial score (nSPS) is 12.3. The Labute approximate surface area is 268 Å². The molecule has 0 spiro atoms. The number of hydrogen-bond acceptors (Lipinski definition) is 8. The third-order valence-electron chi connectivity index (χ3n) is 8.06. The molecule has 11 heteroatoms. The molecule has 0 atom stereocenters. The summed E-state index contributed by atoms with van der Waals surface area (Å²) in [4.78, 5) is 30.5. The summed E-state index contributed by atoms with van der Waals surface area (Å²) < 4.78 is 24.5. The van der Waals surface area contributed by atoms with Crippen molar-refractivity contribution in [2.45, 2.75) is 39.8 Å². The van der Waals surface area contributed by atoms with Gasteiger partial charge in [-0.15, -0.1) is 11.3 Å². The molecule has 0 aliphatic carbocycles. The van der Waals surface area contributed by atoms with Crippen molar-refractivity contribution in [3.8, 4) is 44.6 Å². The van der Waals surface area contributed by atoms with E-state index in [9.17, 15) is 4.79 Å². The summed E-state index contributed by atoms with van der Waals surface area (Å²) >= 11 is 1.58. The number of carbonyl (C=O) groups excluding carboxylic acids is 1. The summed E-state index contributed by atoms with van der Waals surface area (Å²) in [6.07, 6.45) is 8.68. The number of anilines is 1. The number of fused-ring (bicyclic) bond motifs is 2. The van der Waals surface area contributed by atoms with Crippen molar-refractivity contribution in [1.82, 2.24) is 29.8 Å². The molecule has 0 bridgehead atoms. The number of amides is 1. The minimum Gasteiger partial charge on any atom is -0.421 e. The molecule has 3 N–H and O–H groups in total. The van der Waals surface area contributed by atoms with E-state index in [0.717, 1.165) is 73.7 Å². The third kappa shape index (κ3) is 5.39. The number of ether oxygens (including phenoxy) is 1. The van der Waals surface area contributed by atoms with Gasteiger partial charge in [0.15, 0.2) is 11.6 Å². The number of nitrogens with two attached hydrogens (primary N) is 1. The van der Waals surface area contributed by atoms with Crippen LogP contribution in [0.4, 0.5) is 10.2 Å². The molecule has 9 nitrogen and oxygen atoms in total. The topological polar surface area (TPSA) is 121 Å². The van der Waals surface area contributed by atoms with Crippen molar-refractivity contribution in [2.75, 3.05) is 5.73 Å². The van der Waals surface area contributed by atoms with Crippen molar-refractivity contribution in [3.63, 3.8) is 0 Å². The number of nitrogens with one attached hydrogen (secondary N) is 1. The number of benzene rings is 2. The quantitative estimate of drug-likeness (QED) is 0.171. The fourth-order valence-corrected chi connectivity index (χ4v) is 7.26. The highest BCUT2D eigenvalue weighted by molar-refractivity contribution is 7.23. The van der Waals surface area contributed by atoms with Crippen LogP contribution in [0.15, 0.2) is 73.7 Å². The summed E-state index contributed by atoms with van der Waals surface area (Å²) in [5.74, 6) is 0.612. The average Bonchev–Trinajstić information content (AvgIpc) is 3.76. The van der Waals surface area contributed by atoms with Gasteiger partial charge in [-0.2, -0.15) is 0 Å². The minimum absolute atomic E-state index is 0.0110. The molecular weight excluding hydrogens is 601 g/mol. The van der Waals surface area contributed by atoms with E-state index in [1.807, 2.05) is 38.1 Å². The van der Waals surface area contributed by atoms with Crippen LogP contribution in [0.2, 0.25) is 0 Å². The monoisotopic (exact) mass is 631 g/mol. The molecule has 0 radical (unpaired) electrons. The summed E-state index contributed by atoms with van der Waals surface area (Å²) in [6.45, 7) is 8.66. The van der Waals surface area contributed by atoms with Crippen LogP contribution < -0.4 is 15.8 Å². The number of nitrogen functional groups attached to an aromatic ring is 1. The Morgan fingerprint density at radius 2 is 2.02 bits per heavy atom. The van der Waals surface area contributed by atoms with Gasteiger partial charge in [0.25, 0.3) is 0 Å². The highest BCUT2D eigenvalue weighted by Gasteiger charge is 2.25. The SMILES string of the molecule is C=CC(=O)NCc1ccc(-c2sc3c(-c4cn5c(n4)CCC5)cnc(N)c3c2-c2ccc(Oc3nccc(C)n3)c(F)c2)c(C)c1. The Bertz CT molecular complexity index is 2150. The van der Waals surface area contributed by atoms with Crippen molar-refractivity contribution >= 4 is 33.1 Å². The fourth-order valence-electron chi connectivity index (χ4n) is 5.82. The molecule has 230 valence electrons. The van der Waals surface area contributed by atoms with Gasteiger partial charge in [-0.25, -0.2) is 24.3 Å². The average molecular weight is 632 g/mol. The molecule has 1 amide bonds. The highest BCUT2D eigenvalue weighted by Crippen LogP contribution is 2.50. The molecule has 6 aromatic rings. The van der Waals surface area contributed by atoms with Gasteiger partial charge < -0.3 is 20.4 Å². The molecular formula is C35H30FN7O2S. The summed E-state index contributed by atoms with van der Waals surface area (Å²) in [6, 6.07) is 12.7. The number of rotatable bonds is 8. The van der Waals surface area contributed by atoms with Crippen LogP contribution in [-0.4, -0.2) is 30.4 Å². The van der Waals surface area contributed by atoms with Crippen molar-refractivity contribution in [1.29, 1.82) is 0 Å². The van der Waals surface area contributed by atoms with Crippen LogP contribution in [0.5, 0.6) is 11.8 Å². The predicted molar refractivity (Wildman–Crippen MR) is 178 cm³/mol. The van der Waals surface area contributed by atoms with Crippen molar-refractivity contribution < 1.29 is 13.9 Å². The summed E-state index contributed by atoms with van der Waals surface area (Å²) in [7, 11) is 0. The van der Waals surface area contributed by atoms with Crippen molar-refractivity contribution in [2.24, 2.45) is 0 Å². The van der Waals surface area contributed by atoms with E-state index in [-0.39, 0.29) is 17.7 Å². The van der Waals surface area contributed by atoms with Gasteiger partial charge in [-0.3, -0.25) is 4.79 Å². The number of imidazole rings is 1. The Kier molecular flexibility index (Phi) is 7.53. The lowest BCUT2D eigenvalue weighted by Crippen LogP contribution is -2.19. The van der Waals surface area contributed by atoms with Gasteiger partial charge in [0, 0.05) is 65.2 Å². The number of carbonyl (C=O) groups is 1. The molecule has 2 aromatic carbocycles. The molecule has 5 heterocycles. The maximum atomic E-state index is 15.7. The van der Waals surface area contributed by atoms with Crippen LogP contribution in [0.3, 0.4) is 0 Å². The zero-order valence-electron chi connectivity index (χ0n) is 25.3. The van der Waals surface area contributed by atoms with E-state index in [0.29, 0.717) is 23.6 Å². The first-order valence-electron chi connectivity index (χ1n) is 14.8. The first-order valence-corrected chi connectivity index (χ1v) is 15.7. The van der Waals surface area contributed by atoms with Gasteiger partial charge >= 0.3 is 6.01 Å². The molecule has 4 aromatic heterocycles. The third-order valence-corrected chi connectivity index (χ3v) is 9.31. The molecule has 0 unspecified atom stereocenters. The Morgan fingerprint density at radius 1 is 1.15 bits per heavy atom. The van der Waals surface area contributed by atoms with E-state index >= 15 is 4.39 Å². The highest BCUT2D eigenvalue weighted by atomic mass is 32.1. The second-order valence-electron chi connectivity index (χ2n) is 11.2. The first-order chi connectivity index (χ1) is 22.3. The number of thiophene rings is 1. The van der Waals surface area contributed by atoms with Gasteiger partial charge in [-0.05, 0) is 66.8 Å². The van der Waals surface area contributed by atoms with Gasteiger partial charge in [0.1, 0.15) is 11.6 Å². The zero-order valence-corrected chi connectivity index (χ0v) is 26.1. The Hall–Kier alpha value is -5.42. The molecule has 1 aliphatic heterocycles. The summed E-state index contributed by atoms with van der Waals surface area (Å²) in [5, 5.41) is 3.56. The van der Waals surface area contributed by atoms with Crippen LogP contribution >= 0.6 is 11.3 Å². The molecule has 0 saturated carbocycles. The van der Waals surface area contributed by atoms with E-state index in [2.05, 4.69) is 37.6 Å². The van der Waals surface area contributed by atoms with Crippen LogP contribution in [0.1, 0.15) is 29.1 Å². The number of aromatic nitrogens is 5. The van der Waals surface area contributed by atoms with Crippen molar-refractivity contribution in [3.05, 3.63) is 102 Å². The molecule has 46 heavy (non-hydrogen) atoms. The predicted octanol–water partition coefficient (Wildman–Crippen LogP) is 7.16. The minimum atomic E-state index is -0.564. The maximum Gasteiger partial charge on any atom is 0.322 e. The lowest BCUT2D eigenvalue weighted by atomic mass is 9.95. The van der Waals surface area contributed by atoms with E-state index in [4.69, 9.17) is 15.5 Å². The number of nitrogens with zero attached hydrogens (tertiary/aromatic N) is 5. The van der Waals surface area contributed by atoms with Crippen LogP contribution in [-0.2, 0) is 24.3 Å². The molecule has 1 aliphatic rings. The number of halogens is 1. The Morgan fingerprint density at radius 3 is 2.78 bits per heavy atom. The standard InChI is InChI=1S/C35H30FN7O2S/c1-4-29(44)39-16-21-7-9-23(19(2)14-21)32-30(22-8-10-27(25(36)15-22)45-35-38-12-11-20(3)41-35)31-33(46-32)24(17-40-34(31)37)26-18-43-13-5-6-28(43)42-26/h4,7-12,14-15,17-18H,1,5-6,13,16H2,2-3H3,(H2,37,40)(H,39,44). The molecule has 0 fully saturated rings. The smallest absolute Gasteiger partial charge is 0.322 e. The fraction of sp³-hybridized carbons (Fsp3) is 0.171.